The number of hydrazone groups is 1. The summed E-state index contributed by atoms with van der Waals surface area (Å²) in [4.78, 5) is 12.5. The Kier molecular flexibility index (Phi) is 7.76. The monoisotopic (exact) mass is 535 g/mol. The van der Waals surface area contributed by atoms with Crippen molar-refractivity contribution in [2.24, 2.45) is 5.10 Å². The molecular weight excluding hydrogens is 514 g/mol. The number of hydrogen-bond donors (Lipinski definition) is 1. The van der Waals surface area contributed by atoms with Crippen molar-refractivity contribution in [1.82, 2.24) is 20.2 Å². The first-order chi connectivity index (χ1) is 16.5. The van der Waals surface area contributed by atoms with Crippen LogP contribution in [0.1, 0.15) is 11.1 Å². The molecule has 0 aliphatic heterocycles. The summed E-state index contributed by atoms with van der Waals surface area (Å²) in [5.74, 6) is 1.25. The van der Waals surface area contributed by atoms with Crippen LogP contribution < -0.4 is 10.2 Å². The number of nitrogens with one attached hydrogen (secondary N) is 1. The molecule has 7 nitrogen and oxygen atoms in total. The molecule has 0 aliphatic carbocycles. The van der Waals surface area contributed by atoms with Gasteiger partial charge >= 0.3 is 0 Å². The second-order valence-electron chi connectivity index (χ2n) is 7.31. The van der Waals surface area contributed by atoms with Crippen LogP contribution in [0.5, 0.6) is 5.75 Å². The van der Waals surface area contributed by atoms with E-state index in [1.165, 1.54) is 11.8 Å². The summed E-state index contributed by atoms with van der Waals surface area (Å²) in [6.07, 6.45) is 1.55. The van der Waals surface area contributed by atoms with Gasteiger partial charge in [0, 0.05) is 21.3 Å². The van der Waals surface area contributed by atoms with Crippen molar-refractivity contribution in [3.8, 4) is 22.8 Å². The van der Waals surface area contributed by atoms with Crippen molar-refractivity contribution in [1.29, 1.82) is 0 Å². The van der Waals surface area contributed by atoms with Crippen LogP contribution in [0.15, 0.2) is 87.5 Å². The molecule has 1 aromatic heterocycles. The van der Waals surface area contributed by atoms with E-state index in [0.717, 1.165) is 26.9 Å². The Morgan fingerprint density at radius 1 is 1.12 bits per heavy atom. The minimum atomic E-state index is -0.255. The zero-order valence-corrected chi connectivity index (χ0v) is 21.0. The number of rotatable bonds is 8. The van der Waals surface area contributed by atoms with Crippen LogP contribution in [0.25, 0.3) is 17.1 Å². The first-order valence-electron chi connectivity index (χ1n) is 10.4. The number of ether oxygens (including phenoxy) is 1. The largest absolute Gasteiger partial charge is 0.496 e. The first-order valence-corrected chi connectivity index (χ1v) is 12.2. The number of aromatic nitrogens is 3. The van der Waals surface area contributed by atoms with Crippen LogP contribution in [-0.2, 0) is 4.79 Å². The summed E-state index contributed by atoms with van der Waals surface area (Å²) in [5, 5.41) is 13.4. The minimum absolute atomic E-state index is 0.131. The van der Waals surface area contributed by atoms with Gasteiger partial charge in [0.1, 0.15) is 5.75 Å². The SMILES string of the molecule is COc1ccc(Br)cc1/C=N/NC(=O)CSc1nnc(-c2ccccc2)n1-c1ccc(C)cc1. The number of nitrogens with zero attached hydrogens (tertiary/aromatic N) is 4. The lowest BCUT2D eigenvalue weighted by atomic mass is 10.2. The molecule has 4 aromatic rings. The molecule has 0 spiro atoms. The highest BCUT2D eigenvalue weighted by molar-refractivity contribution is 9.10. The quantitative estimate of drug-likeness (QED) is 0.189. The van der Waals surface area contributed by atoms with Crippen molar-refractivity contribution in [2.75, 3.05) is 12.9 Å². The highest BCUT2D eigenvalue weighted by Gasteiger charge is 2.17. The molecule has 0 radical (unpaired) electrons. The second-order valence-corrected chi connectivity index (χ2v) is 9.17. The molecule has 9 heteroatoms. The van der Waals surface area contributed by atoms with Crippen LogP contribution in [0.2, 0.25) is 0 Å². The van der Waals surface area contributed by atoms with E-state index in [2.05, 4.69) is 36.7 Å². The molecule has 3 aromatic carbocycles. The fraction of sp³-hybridized carbons (Fsp3) is 0.120. The predicted molar refractivity (Wildman–Crippen MR) is 139 cm³/mol. The van der Waals surface area contributed by atoms with E-state index in [1.54, 1.807) is 13.3 Å². The highest BCUT2D eigenvalue weighted by atomic mass is 79.9. The summed E-state index contributed by atoms with van der Waals surface area (Å²) in [5.41, 5.74) is 6.34. The van der Waals surface area contributed by atoms with Gasteiger partial charge in [-0.15, -0.1) is 10.2 Å². The molecule has 0 atom stereocenters. The number of methoxy groups -OCH3 is 1. The van der Waals surface area contributed by atoms with Crippen molar-refractivity contribution < 1.29 is 9.53 Å². The third kappa shape index (κ3) is 5.73. The zero-order chi connectivity index (χ0) is 23.9. The van der Waals surface area contributed by atoms with Crippen LogP contribution in [0.4, 0.5) is 0 Å². The highest BCUT2D eigenvalue weighted by Crippen LogP contribution is 2.28. The van der Waals surface area contributed by atoms with Crippen molar-refractivity contribution in [3.63, 3.8) is 0 Å². The Balaban J connectivity index is 1.50. The van der Waals surface area contributed by atoms with Crippen LogP contribution >= 0.6 is 27.7 Å². The summed E-state index contributed by atoms with van der Waals surface area (Å²) >= 11 is 4.72. The average molecular weight is 536 g/mol. The number of thioether (sulfide) groups is 1. The van der Waals surface area contributed by atoms with Gasteiger partial charge in [0.15, 0.2) is 11.0 Å². The normalized spacial score (nSPS) is 11.0. The van der Waals surface area contributed by atoms with E-state index in [4.69, 9.17) is 4.74 Å². The fourth-order valence-electron chi connectivity index (χ4n) is 3.21. The number of carbonyl (C=O) groups excluding carboxylic acids is 1. The standard InChI is InChI=1S/C25H22BrN5O2S/c1-17-8-11-21(12-9-17)31-24(18-6-4-3-5-7-18)29-30-25(31)34-16-23(32)28-27-15-19-14-20(26)10-13-22(19)33-2/h3-15H,16H2,1-2H3,(H,28,32)/b27-15+. The Morgan fingerprint density at radius 2 is 1.88 bits per heavy atom. The van der Waals surface area contributed by atoms with Gasteiger partial charge in [-0.25, -0.2) is 5.43 Å². The summed E-state index contributed by atoms with van der Waals surface area (Å²) < 4.78 is 8.17. The van der Waals surface area contributed by atoms with Gasteiger partial charge in [-0.1, -0.05) is 75.7 Å². The Morgan fingerprint density at radius 3 is 2.62 bits per heavy atom. The molecule has 1 heterocycles. The Labute approximate surface area is 210 Å². The molecule has 0 fully saturated rings. The smallest absolute Gasteiger partial charge is 0.250 e. The van der Waals surface area contributed by atoms with Gasteiger partial charge in [0.25, 0.3) is 5.91 Å². The maximum atomic E-state index is 12.5. The lowest BCUT2D eigenvalue weighted by Gasteiger charge is -2.10. The predicted octanol–water partition coefficient (Wildman–Crippen LogP) is 5.26. The minimum Gasteiger partial charge on any atom is -0.496 e. The molecule has 1 N–H and O–H groups in total. The molecular formula is C25H22BrN5O2S. The molecule has 0 bridgehead atoms. The lowest BCUT2D eigenvalue weighted by Crippen LogP contribution is -2.20. The Bertz CT molecular complexity index is 1310. The molecule has 0 saturated carbocycles. The van der Waals surface area contributed by atoms with Gasteiger partial charge in [-0.05, 0) is 37.3 Å². The summed E-state index contributed by atoms with van der Waals surface area (Å²) in [6.45, 7) is 2.04. The molecule has 4 rings (SSSR count). The van der Waals surface area contributed by atoms with Crippen LogP contribution in [0.3, 0.4) is 0 Å². The first kappa shape index (κ1) is 23.7. The molecule has 0 saturated heterocycles. The Hall–Kier alpha value is -3.43. The van der Waals surface area contributed by atoms with E-state index in [1.807, 2.05) is 84.3 Å². The van der Waals surface area contributed by atoms with Crippen LogP contribution in [-0.4, -0.2) is 39.7 Å². The third-order valence-corrected chi connectivity index (χ3v) is 6.30. The van der Waals surface area contributed by atoms with E-state index in [-0.39, 0.29) is 11.7 Å². The number of halogens is 1. The molecule has 0 unspecified atom stereocenters. The van der Waals surface area contributed by atoms with Gasteiger partial charge in [-0.3, -0.25) is 9.36 Å². The molecule has 1 amide bonds. The van der Waals surface area contributed by atoms with E-state index in [0.29, 0.717) is 16.7 Å². The average Bonchev–Trinajstić information content (AvgIpc) is 3.28. The second kappa shape index (κ2) is 11.1. The number of carbonyl (C=O) groups is 1. The van der Waals surface area contributed by atoms with E-state index in [9.17, 15) is 4.79 Å². The zero-order valence-electron chi connectivity index (χ0n) is 18.6. The molecule has 172 valence electrons. The maximum absolute atomic E-state index is 12.5. The van der Waals surface area contributed by atoms with E-state index >= 15 is 0 Å². The molecule has 0 aliphatic rings. The fourth-order valence-corrected chi connectivity index (χ4v) is 4.33. The van der Waals surface area contributed by atoms with Gasteiger partial charge < -0.3 is 4.74 Å². The topological polar surface area (TPSA) is 81.4 Å². The molecule has 34 heavy (non-hydrogen) atoms. The summed E-state index contributed by atoms with van der Waals surface area (Å²) in [6, 6.07) is 23.5. The number of amides is 1. The van der Waals surface area contributed by atoms with Gasteiger partial charge in [0.2, 0.25) is 0 Å². The van der Waals surface area contributed by atoms with Gasteiger partial charge in [0.05, 0.1) is 19.1 Å². The van der Waals surface area contributed by atoms with Crippen LogP contribution in [0, 0.1) is 6.92 Å². The maximum Gasteiger partial charge on any atom is 0.250 e. The third-order valence-electron chi connectivity index (χ3n) is 4.87. The van der Waals surface area contributed by atoms with E-state index < -0.39 is 0 Å². The van der Waals surface area contributed by atoms with Crippen molar-refractivity contribution >= 4 is 39.8 Å². The van der Waals surface area contributed by atoms with Crippen molar-refractivity contribution in [3.05, 3.63) is 88.4 Å². The lowest BCUT2D eigenvalue weighted by molar-refractivity contribution is -0.118. The number of aryl methyl sites for hydroxylation is 1. The summed E-state index contributed by atoms with van der Waals surface area (Å²) in [7, 11) is 1.59. The number of benzene rings is 3. The van der Waals surface area contributed by atoms with Gasteiger partial charge in [-0.2, -0.15) is 5.10 Å². The van der Waals surface area contributed by atoms with Crippen molar-refractivity contribution in [2.45, 2.75) is 12.1 Å². The number of hydrogen-bond acceptors (Lipinski definition) is 6.